The molecule has 0 radical (unpaired) electrons. The Labute approximate surface area is 141 Å². The van der Waals surface area contributed by atoms with E-state index >= 15 is 0 Å². The van der Waals surface area contributed by atoms with Crippen molar-refractivity contribution in [2.45, 2.75) is 38.8 Å². The predicted molar refractivity (Wildman–Crippen MR) is 96.9 cm³/mol. The molecule has 1 aromatic rings. The number of carbonyl (C=O) groups excluding carboxylic acids is 2. The van der Waals surface area contributed by atoms with E-state index < -0.39 is 17.7 Å². The maximum atomic E-state index is 12.4. The molecule has 0 heterocycles. The summed E-state index contributed by atoms with van der Waals surface area (Å²) in [5.74, 6) is 0.635. The number of para-hydroxylation sites is 1. The number of amides is 2. The minimum absolute atomic E-state index is 0.195. The Morgan fingerprint density at radius 3 is 2.30 bits per heavy atom. The number of ether oxygens (including phenoxy) is 1. The largest absolute Gasteiger partial charge is 0.444 e. The molecular formula is C17H27N2O3S+. The van der Waals surface area contributed by atoms with E-state index in [4.69, 9.17) is 4.74 Å². The van der Waals surface area contributed by atoms with Crippen LogP contribution in [0.2, 0.25) is 0 Å². The first-order valence-electron chi connectivity index (χ1n) is 7.57. The van der Waals surface area contributed by atoms with Crippen LogP contribution in [0.5, 0.6) is 0 Å². The van der Waals surface area contributed by atoms with Gasteiger partial charge in [0.1, 0.15) is 17.4 Å². The summed E-state index contributed by atoms with van der Waals surface area (Å²) in [7, 11) is 0.195. The van der Waals surface area contributed by atoms with Gasteiger partial charge in [-0.2, -0.15) is 0 Å². The van der Waals surface area contributed by atoms with Crippen LogP contribution in [0.15, 0.2) is 30.3 Å². The number of hydrogen-bond acceptors (Lipinski definition) is 3. The van der Waals surface area contributed by atoms with Crippen LogP contribution in [-0.2, 0) is 20.4 Å². The molecule has 2 N–H and O–H groups in total. The summed E-state index contributed by atoms with van der Waals surface area (Å²) >= 11 is 0. The van der Waals surface area contributed by atoms with Crippen molar-refractivity contribution >= 4 is 28.6 Å². The first kappa shape index (κ1) is 19.4. The molecule has 0 aliphatic carbocycles. The molecule has 1 atom stereocenters. The van der Waals surface area contributed by atoms with Crippen molar-refractivity contribution in [3.63, 3.8) is 0 Å². The van der Waals surface area contributed by atoms with Crippen LogP contribution < -0.4 is 10.6 Å². The third-order valence-electron chi connectivity index (χ3n) is 2.86. The average molecular weight is 339 g/mol. The Kier molecular flexibility index (Phi) is 7.42. The third kappa shape index (κ3) is 8.50. The lowest BCUT2D eigenvalue weighted by Crippen LogP contribution is -2.46. The van der Waals surface area contributed by atoms with E-state index in [2.05, 4.69) is 23.1 Å². The van der Waals surface area contributed by atoms with E-state index in [1.165, 1.54) is 0 Å². The second-order valence-electron chi connectivity index (χ2n) is 6.53. The minimum Gasteiger partial charge on any atom is -0.444 e. The summed E-state index contributed by atoms with van der Waals surface area (Å²) in [6.45, 7) is 5.38. The van der Waals surface area contributed by atoms with Gasteiger partial charge >= 0.3 is 6.09 Å². The highest BCUT2D eigenvalue weighted by Gasteiger charge is 2.25. The van der Waals surface area contributed by atoms with Crippen molar-refractivity contribution in [2.75, 3.05) is 23.6 Å². The van der Waals surface area contributed by atoms with Gasteiger partial charge in [-0.05, 0) is 43.8 Å². The fourth-order valence-electron chi connectivity index (χ4n) is 1.82. The molecule has 6 heteroatoms. The molecule has 23 heavy (non-hydrogen) atoms. The first-order valence-corrected chi connectivity index (χ1v) is 9.78. The number of nitrogens with one attached hydrogen (secondary N) is 2. The standard InChI is InChI=1S/C17H26N2O3S/c1-17(2,3)22-16(21)19-14(11-12-23(4)5)15(20)18-13-9-7-6-8-10-13/h6-10,14H,11-12H2,1-5H3,(H-,18,19,20,21)/p+1. The quantitative estimate of drug-likeness (QED) is 0.783. The topological polar surface area (TPSA) is 67.4 Å². The normalized spacial score (nSPS) is 12.6. The van der Waals surface area contributed by atoms with E-state index in [1.807, 2.05) is 30.3 Å². The van der Waals surface area contributed by atoms with Crippen molar-refractivity contribution in [3.8, 4) is 0 Å². The van der Waals surface area contributed by atoms with E-state index in [-0.39, 0.29) is 16.8 Å². The SMILES string of the molecule is C[S+](C)CCC(NC(=O)OC(C)(C)C)C(=O)Nc1ccccc1. The molecule has 0 fully saturated rings. The molecule has 0 aromatic heterocycles. The number of hydrogen-bond donors (Lipinski definition) is 2. The molecule has 0 saturated carbocycles. The highest BCUT2D eigenvalue weighted by Crippen LogP contribution is 2.10. The van der Waals surface area contributed by atoms with E-state index in [0.717, 1.165) is 5.75 Å². The molecule has 1 rings (SSSR count). The van der Waals surface area contributed by atoms with E-state index in [0.29, 0.717) is 12.1 Å². The molecule has 128 valence electrons. The third-order valence-corrected chi connectivity index (χ3v) is 3.92. The number of carbonyl (C=O) groups is 2. The van der Waals surface area contributed by atoms with E-state index in [9.17, 15) is 9.59 Å². The lowest BCUT2D eigenvalue weighted by molar-refractivity contribution is -0.118. The van der Waals surface area contributed by atoms with Crippen molar-refractivity contribution in [3.05, 3.63) is 30.3 Å². The zero-order chi connectivity index (χ0) is 17.5. The van der Waals surface area contributed by atoms with Crippen molar-refractivity contribution in [2.24, 2.45) is 0 Å². The zero-order valence-corrected chi connectivity index (χ0v) is 15.3. The Balaban J connectivity index is 2.70. The molecule has 0 spiro atoms. The van der Waals surface area contributed by atoms with Gasteiger partial charge in [0.2, 0.25) is 5.91 Å². The van der Waals surface area contributed by atoms with Crippen molar-refractivity contribution < 1.29 is 14.3 Å². The second-order valence-corrected chi connectivity index (χ2v) is 8.91. The van der Waals surface area contributed by atoms with Crippen molar-refractivity contribution in [1.29, 1.82) is 0 Å². The Morgan fingerprint density at radius 1 is 1.17 bits per heavy atom. The predicted octanol–water partition coefficient (Wildman–Crippen LogP) is 2.79. The van der Waals surface area contributed by atoms with Crippen LogP contribution in [0.25, 0.3) is 0 Å². The average Bonchev–Trinajstić information content (AvgIpc) is 2.42. The van der Waals surface area contributed by atoms with Crippen LogP contribution in [-0.4, -0.2) is 41.9 Å². The molecule has 2 amide bonds. The molecular weight excluding hydrogens is 312 g/mol. The maximum Gasteiger partial charge on any atom is 0.408 e. The van der Waals surface area contributed by atoms with Crippen molar-refractivity contribution in [1.82, 2.24) is 5.32 Å². The van der Waals surface area contributed by atoms with Gasteiger partial charge in [-0.15, -0.1) is 0 Å². The number of rotatable bonds is 6. The van der Waals surface area contributed by atoms with Gasteiger partial charge in [-0.3, -0.25) is 4.79 Å². The summed E-state index contributed by atoms with van der Waals surface area (Å²) in [5.41, 5.74) is 0.116. The molecule has 0 aliphatic heterocycles. The van der Waals surface area contributed by atoms with Crippen LogP contribution in [0.3, 0.4) is 0 Å². The lowest BCUT2D eigenvalue weighted by Gasteiger charge is -2.23. The summed E-state index contributed by atoms with van der Waals surface area (Å²) < 4.78 is 5.25. The van der Waals surface area contributed by atoms with Gasteiger partial charge in [0.15, 0.2) is 0 Å². The molecule has 1 aromatic carbocycles. The smallest absolute Gasteiger partial charge is 0.408 e. The van der Waals surface area contributed by atoms with Crippen LogP contribution in [0.1, 0.15) is 27.2 Å². The fraction of sp³-hybridized carbons (Fsp3) is 0.529. The zero-order valence-electron chi connectivity index (χ0n) is 14.5. The molecule has 0 aliphatic rings. The van der Waals surface area contributed by atoms with Crippen LogP contribution in [0, 0.1) is 0 Å². The molecule has 0 bridgehead atoms. The van der Waals surface area contributed by atoms with Gasteiger partial charge in [0.05, 0.1) is 12.5 Å². The van der Waals surface area contributed by atoms with E-state index in [1.54, 1.807) is 20.8 Å². The number of anilines is 1. The molecule has 0 saturated heterocycles. The van der Waals surface area contributed by atoms with Gasteiger partial charge in [0.25, 0.3) is 0 Å². The Morgan fingerprint density at radius 2 is 1.78 bits per heavy atom. The summed E-state index contributed by atoms with van der Waals surface area (Å²) in [5, 5.41) is 5.51. The van der Waals surface area contributed by atoms with Crippen LogP contribution >= 0.6 is 0 Å². The monoisotopic (exact) mass is 339 g/mol. The Bertz CT molecular complexity index is 512. The Hall–Kier alpha value is -1.69. The summed E-state index contributed by atoms with van der Waals surface area (Å²) in [4.78, 5) is 24.4. The minimum atomic E-state index is -0.611. The van der Waals surface area contributed by atoms with Crippen LogP contribution in [0.4, 0.5) is 10.5 Å². The van der Waals surface area contributed by atoms with Gasteiger partial charge in [-0.25, -0.2) is 4.79 Å². The maximum absolute atomic E-state index is 12.4. The van der Waals surface area contributed by atoms with Gasteiger partial charge in [0, 0.05) is 12.1 Å². The fourth-order valence-corrected chi connectivity index (χ4v) is 2.53. The first-order chi connectivity index (χ1) is 10.7. The van der Waals surface area contributed by atoms with Gasteiger partial charge < -0.3 is 15.4 Å². The number of alkyl carbamates (subject to hydrolysis) is 1. The highest BCUT2D eigenvalue weighted by atomic mass is 32.2. The second kappa shape index (κ2) is 8.82. The highest BCUT2D eigenvalue weighted by molar-refractivity contribution is 7.95. The lowest BCUT2D eigenvalue weighted by atomic mass is 10.2. The van der Waals surface area contributed by atoms with Gasteiger partial charge in [-0.1, -0.05) is 18.2 Å². The molecule has 5 nitrogen and oxygen atoms in total. The summed E-state index contributed by atoms with van der Waals surface area (Å²) in [6.07, 6.45) is 4.23. The molecule has 1 unspecified atom stereocenters. The number of benzene rings is 1. The summed E-state index contributed by atoms with van der Waals surface area (Å²) in [6, 6.07) is 8.59.